The number of rotatable bonds is 4. The number of sulfonamides is 1. The normalized spacial score (nSPS) is 15.3. The summed E-state index contributed by atoms with van der Waals surface area (Å²) in [5, 5.41) is 2.65. The zero-order valence-electron chi connectivity index (χ0n) is 13.2. The van der Waals surface area contributed by atoms with E-state index in [1.165, 1.54) is 22.5 Å². The van der Waals surface area contributed by atoms with E-state index < -0.39 is 21.7 Å². The van der Waals surface area contributed by atoms with Crippen LogP contribution in [-0.4, -0.2) is 31.7 Å². The zero-order valence-corrected chi connectivity index (χ0v) is 14.8. The van der Waals surface area contributed by atoms with Gasteiger partial charge in [0.2, 0.25) is 10.0 Å². The molecule has 1 aliphatic rings. The Labute approximate surface area is 150 Å². The molecule has 1 aliphatic heterocycles. The molecule has 25 heavy (non-hydrogen) atoms. The van der Waals surface area contributed by atoms with Crippen LogP contribution in [-0.2, 0) is 10.0 Å². The molecule has 0 radical (unpaired) electrons. The molecule has 1 saturated heterocycles. The van der Waals surface area contributed by atoms with Gasteiger partial charge in [0, 0.05) is 13.1 Å². The van der Waals surface area contributed by atoms with Crippen molar-refractivity contribution in [3.8, 4) is 0 Å². The van der Waals surface area contributed by atoms with E-state index in [1.807, 2.05) is 0 Å². The lowest BCUT2D eigenvalue weighted by Crippen LogP contribution is -2.28. The summed E-state index contributed by atoms with van der Waals surface area (Å²) in [5.74, 6) is -1.39. The van der Waals surface area contributed by atoms with E-state index in [0.29, 0.717) is 13.1 Å². The number of amides is 1. The van der Waals surface area contributed by atoms with Crippen molar-refractivity contribution in [3.63, 3.8) is 0 Å². The fourth-order valence-corrected chi connectivity index (χ4v) is 4.42. The van der Waals surface area contributed by atoms with Crippen LogP contribution >= 0.6 is 11.6 Å². The first-order chi connectivity index (χ1) is 11.9. The van der Waals surface area contributed by atoms with Gasteiger partial charge in [-0.15, -0.1) is 0 Å². The Balaban J connectivity index is 1.83. The summed E-state index contributed by atoms with van der Waals surface area (Å²) >= 11 is 5.94. The molecule has 1 fully saturated rings. The Bertz CT molecular complexity index is 912. The molecule has 5 nitrogen and oxygen atoms in total. The van der Waals surface area contributed by atoms with Gasteiger partial charge in [-0.2, -0.15) is 4.31 Å². The van der Waals surface area contributed by atoms with Crippen LogP contribution in [0.2, 0.25) is 5.02 Å². The minimum absolute atomic E-state index is 0.106. The Morgan fingerprint density at radius 2 is 1.80 bits per heavy atom. The number of nitrogens with one attached hydrogen (secondary N) is 1. The number of hydrogen-bond donors (Lipinski definition) is 1. The molecular weight excluding hydrogens is 367 g/mol. The highest BCUT2D eigenvalue weighted by Crippen LogP contribution is 2.25. The number of anilines is 1. The van der Waals surface area contributed by atoms with Gasteiger partial charge >= 0.3 is 0 Å². The molecule has 0 spiro atoms. The first kappa shape index (κ1) is 17.8. The second-order valence-corrected chi connectivity index (χ2v) is 8.03. The van der Waals surface area contributed by atoms with Crippen LogP contribution in [0.25, 0.3) is 0 Å². The second kappa shape index (κ2) is 7.11. The van der Waals surface area contributed by atoms with Crippen LogP contribution in [0.15, 0.2) is 47.4 Å². The van der Waals surface area contributed by atoms with Crippen LogP contribution in [0.5, 0.6) is 0 Å². The summed E-state index contributed by atoms with van der Waals surface area (Å²) in [6, 6.07) is 9.85. The third-order valence-corrected chi connectivity index (χ3v) is 6.23. The fraction of sp³-hybridized carbons (Fsp3) is 0.235. The van der Waals surface area contributed by atoms with E-state index in [0.717, 1.165) is 18.9 Å². The largest absolute Gasteiger partial charge is 0.319 e. The smallest absolute Gasteiger partial charge is 0.257 e. The fourth-order valence-electron chi connectivity index (χ4n) is 2.67. The van der Waals surface area contributed by atoms with Gasteiger partial charge in [-0.3, -0.25) is 4.79 Å². The lowest BCUT2D eigenvalue weighted by Gasteiger charge is -2.16. The van der Waals surface area contributed by atoms with Crippen molar-refractivity contribution in [3.05, 3.63) is 58.9 Å². The molecule has 0 aromatic heterocycles. The molecule has 132 valence electrons. The van der Waals surface area contributed by atoms with Crippen molar-refractivity contribution < 1.29 is 17.6 Å². The number of halogens is 2. The predicted molar refractivity (Wildman–Crippen MR) is 93.8 cm³/mol. The van der Waals surface area contributed by atoms with Crippen LogP contribution in [0.1, 0.15) is 23.2 Å². The van der Waals surface area contributed by atoms with Crippen LogP contribution in [0.3, 0.4) is 0 Å². The summed E-state index contributed by atoms with van der Waals surface area (Å²) < 4.78 is 40.5. The zero-order chi connectivity index (χ0) is 18.0. The van der Waals surface area contributed by atoms with Crippen LogP contribution in [0, 0.1) is 5.82 Å². The summed E-state index contributed by atoms with van der Waals surface area (Å²) in [5.41, 5.74) is 0.0997. The van der Waals surface area contributed by atoms with Crippen molar-refractivity contribution in [2.24, 2.45) is 0 Å². The van der Waals surface area contributed by atoms with Crippen molar-refractivity contribution in [2.45, 2.75) is 17.7 Å². The maximum Gasteiger partial charge on any atom is 0.257 e. The number of benzene rings is 2. The highest BCUT2D eigenvalue weighted by atomic mass is 35.5. The van der Waals surface area contributed by atoms with Gasteiger partial charge in [-0.1, -0.05) is 23.7 Å². The van der Waals surface area contributed by atoms with E-state index in [1.54, 1.807) is 18.2 Å². The van der Waals surface area contributed by atoms with Crippen LogP contribution in [0.4, 0.5) is 10.1 Å². The number of hydrogen-bond acceptors (Lipinski definition) is 3. The van der Waals surface area contributed by atoms with Gasteiger partial charge in [-0.05, 0) is 43.2 Å². The Hall–Kier alpha value is -1.96. The van der Waals surface area contributed by atoms with E-state index in [4.69, 9.17) is 11.6 Å². The maximum absolute atomic E-state index is 14.3. The standard InChI is InChI=1S/C17H16ClFN2O3S/c18-14-6-2-1-5-13(14)17(22)20-16-8-7-12(11-15(16)19)25(23,24)21-9-3-4-10-21/h1-2,5-8,11H,3-4,9-10H2,(H,20,22). The van der Waals surface area contributed by atoms with E-state index >= 15 is 0 Å². The molecular formula is C17H16ClFN2O3S. The van der Waals surface area contributed by atoms with Crippen molar-refractivity contribution in [1.82, 2.24) is 4.31 Å². The van der Waals surface area contributed by atoms with E-state index in [2.05, 4.69) is 5.32 Å². The quantitative estimate of drug-likeness (QED) is 0.879. The molecule has 0 bridgehead atoms. The molecule has 0 aliphatic carbocycles. The summed E-state index contributed by atoms with van der Waals surface area (Å²) in [4.78, 5) is 12.1. The van der Waals surface area contributed by atoms with Gasteiger partial charge in [0.25, 0.3) is 5.91 Å². The lowest BCUT2D eigenvalue weighted by molar-refractivity contribution is 0.102. The molecule has 0 unspecified atom stereocenters. The minimum Gasteiger partial charge on any atom is -0.319 e. The third kappa shape index (κ3) is 3.68. The van der Waals surface area contributed by atoms with Gasteiger partial charge in [0.15, 0.2) is 0 Å². The predicted octanol–water partition coefficient (Wildman–Crippen LogP) is 3.52. The number of carbonyl (C=O) groups excluding carboxylic acids is 1. The highest BCUT2D eigenvalue weighted by Gasteiger charge is 2.28. The molecule has 1 N–H and O–H groups in total. The molecule has 8 heteroatoms. The molecule has 2 aromatic rings. The van der Waals surface area contributed by atoms with Crippen molar-refractivity contribution >= 4 is 33.2 Å². The van der Waals surface area contributed by atoms with Crippen molar-refractivity contribution in [2.75, 3.05) is 18.4 Å². The van der Waals surface area contributed by atoms with Crippen molar-refractivity contribution in [1.29, 1.82) is 0 Å². The van der Waals surface area contributed by atoms with Gasteiger partial charge < -0.3 is 5.32 Å². The lowest BCUT2D eigenvalue weighted by atomic mass is 10.2. The Morgan fingerprint density at radius 3 is 2.44 bits per heavy atom. The second-order valence-electron chi connectivity index (χ2n) is 5.69. The number of nitrogens with zero attached hydrogens (tertiary/aromatic N) is 1. The molecule has 1 heterocycles. The molecule has 0 saturated carbocycles. The number of carbonyl (C=O) groups is 1. The topological polar surface area (TPSA) is 66.5 Å². The minimum atomic E-state index is -3.71. The maximum atomic E-state index is 14.3. The molecule has 2 aromatic carbocycles. The SMILES string of the molecule is O=C(Nc1ccc(S(=O)(=O)N2CCCC2)cc1F)c1ccccc1Cl. The molecule has 0 atom stereocenters. The third-order valence-electron chi connectivity index (χ3n) is 4.01. The highest BCUT2D eigenvalue weighted by molar-refractivity contribution is 7.89. The van der Waals surface area contributed by atoms with E-state index in [9.17, 15) is 17.6 Å². The molecule has 3 rings (SSSR count). The van der Waals surface area contributed by atoms with Gasteiger partial charge in [0.1, 0.15) is 5.82 Å². The first-order valence-electron chi connectivity index (χ1n) is 7.75. The van der Waals surface area contributed by atoms with E-state index in [-0.39, 0.29) is 21.2 Å². The summed E-state index contributed by atoms with van der Waals surface area (Å²) in [6.07, 6.45) is 1.60. The molecule has 1 amide bonds. The summed E-state index contributed by atoms with van der Waals surface area (Å²) in [7, 11) is -3.71. The average Bonchev–Trinajstić information content (AvgIpc) is 3.12. The Morgan fingerprint density at radius 1 is 1.12 bits per heavy atom. The monoisotopic (exact) mass is 382 g/mol. The summed E-state index contributed by atoms with van der Waals surface area (Å²) in [6.45, 7) is 0.879. The first-order valence-corrected chi connectivity index (χ1v) is 9.57. The van der Waals surface area contributed by atoms with Gasteiger partial charge in [-0.25, -0.2) is 12.8 Å². The van der Waals surface area contributed by atoms with Gasteiger partial charge in [0.05, 0.1) is 21.2 Å². The van der Waals surface area contributed by atoms with Crippen LogP contribution < -0.4 is 5.32 Å². The average molecular weight is 383 g/mol. The Kier molecular flexibility index (Phi) is 5.08.